The molecule has 0 spiro atoms. The zero-order valence-electron chi connectivity index (χ0n) is 9.79. The zero-order valence-corrected chi connectivity index (χ0v) is 9.79. The molecule has 0 aromatic rings. The topological polar surface area (TPSA) is 18.5 Å². The van der Waals surface area contributed by atoms with Gasteiger partial charge in [-0.3, -0.25) is 0 Å². The van der Waals surface area contributed by atoms with E-state index in [0.717, 1.165) is 13.0 Å². The third-order valence-electron chi connectivity index (χ3n) is 2.99. The van der Waals surface area contributed by atoms with Crippen molar-refractivity contribution in [1.82, 2.24) is 0 Å². The van der Waals surface area contributed by atoms with Gasteiger partial charge in [0.25, 0.3) is 0 Å². The number of hydrogen-bond donors (Lipinski definition) is 0. The lowest BCUT2D eigenvalue weighted by atomic mass is 10.1. The van der Waals surface area contributed by atoms with Crippen molar-refractivity contribution in [3.8, 4) is 0 Å². The number of ether oxygens (including phenoxy) is 2. The highest BCUT2D eigenvalue weighted by Crippen LogP contribution is 2.18. The van der Waals surface area contributed by atoms with Crippen LogP contribution in [0.15, 0.2) is 0 Å². The van der Waals surface area contributed by atoms with Crippen molar-refractivity contribution in [2.75, 3.05) is 6.61 Å². The van der Waals surface area contributed by atoms with Crippen molar-refractivity contribution >= 4 is 0 Å². The van der Waals surface area contributed by atoms with Gasteiger partial charge in [-0.1, -0.05) is 32.6 Å². The Morgan fingerprint density at radius 3 is 2.50 bits per heavy atom. The minimum Gasteiger partial charge on any atom is -0.373 e. The van der Waals surface area contributed by atoms with E-state index in [4.69, 9.17) is 9.47 Å². The summed E-state index contributed by atoms with van der Waals surface area (Å²) in [5.41, 5.74) is 0. The van der Waals surface area contributed by atoms with Gasteiger partial charge in [0, 0.05) is 0 Å². The maximum Gasteiger partial charge on any atom is 0.0813 e. The zero-order chi connectivity index (χ0) is 10.4. The molecular formula is C12H24O2. The maximum absolute atomic E-state index is 5.85. The molecule has 0 aromatic carbocycles. The van der Waals surface area contributed by atoms with Gasteiger partial charge in [-0.25, -0.2) is 0 Å². The molecule has 2 nitrogen and oxygen atoms in total. The molecule has 1 aliphatic heterocycles. The standard InChI is InChI=1S/C12H24O2/c1-4-5-6-7-8-12-9-13-10(2)11(3)14-12/h10-12H,4-9H2,1-3H3. The third-order valence-corrected chi connectivity index (χ3v) is 2.99. The second-order valence-corrected chi connectivity index (χ2v) is 4.35. The van der Waals surface area contributed by atoms with E-state index in [1.54, 1.807) is 0 Å². The summed E-state index contributed by atoms with van der Waals surface area (Å²) in [5, 5.41) is 0. The van der Waals surface area contributed by atoms with Crippen molar-refractivity contribution in [2.24, 2.45) is 0 Å². The fourth-order valence-corrected chi connectivity index (χ4v) is 1.80. The Bertz CT molecular complexity index is 147. The normalized spacial score (nSPS) is 33.2. The van der Waals surface area contributed by atoms with Gasteiger partial charge >= 0.3 is 0 Å². The SMILES string of the molecule is CCCCCCC1COC(C)C(C)O1. The monoisotopic (exact) mass is 200 g/mol. The average Bonchev–Trinajstić information content (AvgIpc) is 2.18. The minimum atomic E-state index is 0.264. The molecule has 0 aliphatic carbocycles. The molecule has 2 heteroatoms. The van der Waals surface area contributed by atoms with Crippen LogP contribution in [0.25, 0.3) is 0 Å². The van der Waals surface area contributed by atoms with Crippen molar-refractivity contribution < 1.29 is 9.47 Å². The van der Waals surface area contributed by atoms with E-state index in [9.17, 15) is 0 Å². The van der Waals surface area contributed by atoms with Crippen LogP contribution in [0.2, 0.25) is 0 Å². The fourth-order valence-electron chi connectivity index (χ4n) is 1.80. The summed E-state index contributed by atoms with van der Waals surface area (Å²) in [5.74, 6) is 0. The molecule has 0 N–H and O–H groups in total. The van der Waals surface area contributed by atoms with E-state index in [1.807, 2.05) is 0 Å². The van der Waals surface area contributed by atoms with Crippen molar-refractivity contribution in [3.05, 3.63) is 0 Å². The molecule has 84 valence electrons. The Balaban J connectivity index is 2.07. The first-order chi connectivity index (χ1) is 6.74. The molecular weight excluding hydrogens is 176 g/mol. The summed E-state index contributed by atoms with van der Waals surface area (Å²) in [4.78, 5) is 0. The van der Waals surface area contributed by atoms with E-state index in [1.165, 1.54) is 25.7 Å². The van der Waals surface area contributed by atoms with Crippen LogP contribution in [-0.4, -0.2) is 24.9 Å². The van der Waals surface area contributed by atoms with Crippen LogP contribution in [-0.2, 0) is 9.47 Å². The van der Waals surface area contributed by atoms with E-state index in [0.29, 0.717) is 6.10 Å². The molecule has 0 saturated carbocycles. The van der Waals surface area contributed by atoms with Gasteiger partial charge in [0.05, 0.1) is 24.9 Å². The minimum absolute atomic E-state index is 0.264. The molecule has 1 saturated heterocycles. The van der Waals surface area contributed by atoms with Crippen LogP contribution in [0.3, 0.4) is 0 Å². The van der Waals surface area contributed by atoms with E-state index in [2.05, 4.69) is 20.8 Å². The molecule has 3 atom stereocenters. The smallest absolute Gasteiger partial charge is 0.0813 e. The third kappa shape index (κ3) is 3.97. The first-order valence-electron chi connectivity index (χ1n) is 6.01. The van der Waals surface area contributed by atoms with Crippen LogP contribution in [0.4, 0.5) is 0 Å². The molecule has 0 radical (unpaired) electrons. The fraction of sp³-hybridized carbons (Fsp3) is 1.00. The van der Waals surface area contributed by atoms with Gasteiger partial charge < -0.3 is 9.47 Å². The summed E-state index contributed by atoms with van der Waals surface area (Å²) in [6.07, 6.45) is 7.30. The molecule has 3 unspecified atom stereocenters. The highest BCUT2D eigenvalue weighted by Gasteiger charge is 2.24. The van der Waals surface area contributed by atoms with Crippen LogP contribution < -0.4 is 0 Å². The van der Waals surface area contributed by atoms with E-state index >= 15 is 0 Å². The Morgan fingerprint density at radius 1 is 1.07 bits per heavy atom. The number of unbranched alkanes of at least 4 members (excludes halogenated alkanes) is 3. The first kappa shape index (κ1) is 12.0. The second kappa shape index (κ2) is 6.41. The predicted octanol–water partition coefficient (Wildman–Crippen LogP) is 3.15. The number of rotatable bonds is 5. The lowest BCUT2D eigenvalue weighted by molar-refractivity contribution is -0.169. The van der Waals surface area contributed by atoms with Crippen molar-refractivity contribution in [3.63, 3.8) is 0 Å². The van der Waals surface area contributed by atoms with Crippen LogP contribution in [0, 0.1) is 0 Å². The molecule has 0 aromatic heterocycles. The van der Waals surface area contributed by atoms with Gasteiger partial charge in [-0.2, -0.15) is 0 Å². The summed E-state index contributed by atoms with van der Waals surface area (Å²) >= 11 is 0. The lowest BCUT2D eigenvalue weighted by Gasteiger charge is -2.33. The molecule has 0 bridgehead atoms. The van der Waals surface area contributed by atoms with Crippen LogP contribution >= 0.6 is 0 Å². The van der Waals surface area contributed by atoms with Crippen LogP contribution in [0.5, 0.6) is 0 Å². The predicted molar refractivity (Wildman–Crippen MR) is 58.5 cm³/mol. The number of hydrogen-bond acceptors (Lipinski definition) is 2. The molecule has 14 heavy (non-hydrogen) atoms. The summed E-state index contributed by atoms with van der Waals surface area (Å²) < 4.78 is 11.5. The Morgan fingerprint density at radius 2 is 1.86 bits per heavy atom. The molecule has 1 heterocycles. The quantitative estimate of drug-likeness (QED) is 0.635. The average molecular weight is 200 g/mol. The van der Waals surface area contributed by atoms with Gasteiger partial charge in [-0.05, 0) is 20.3 Å². The Labute approximate surface area is 88.0 Å². The summed E-state index contributed by atoms with van der Waals surface area (Å²) in [6, 6.07) is 0. The second-order valence-electron chi connectivity index (χ2n) is 4.35. The van der Waals surface area contributed by atoms with Crippen molar-refractivity contribution in [2.45, 2.75) is 71.2 Å². The highest BCUT2D eigenvalue weighted by atomic mass is 16.6. The molecule has 1 rings (SSSR count). The first-order valence-corrected chi connectivity index (χ1v) is 6.01. The Kier molecular flexibility index (Phi) is 5.49. The summed E-state index contributed by atoms with van der Waals surface area (Å²) in [6.45, 7) is 7.21. The maximum atomic E-state index is 5.85. The summed E-state index contributed by atoms with van der Waals surface area (Å²) in [7, 11) is 0. The van der Waals surface area contributed by atoms with Crippen molar-refractivity contribution in [1.29, 1.82) is 0 Å². The molecule has 1 aliphatic rings. The van der Waals surface area contributed by atoms with Gasteiger partial charge in [0.15, 0.2) is 0 Å². The Hall–Kier alpha value is -0.0800. The molecule has 0 amide bonds. The molecule has 1 fully saturated rings. The van der Waals surface area contributed by atoms with Gasteiger partial charge in [0.2, 0.25) is 0 Å². The van der Waals surface area contributed by atoms with Gasteiger partial charge in [-0.15, -0.1) is 0 Å². The lowest BCUT2D eigenvalue weighted by Crippen LogP contribution is -2.40. The highest BCUT2D eigenvalue weighted by molar-refractivity contribution is 4.71. The van der Waals surface area contributed by atoms with Crippen LogP contribution in [0.1, 0.15) is 52.9 Å². The largest absolute Gasteiger partial charge is 0.373 e. The van der Waals surface area contributed by atoms with E-state index < -0.39 is 0 Å². The van der Waals surface area contributed by atoms with E-state index in [-0.39, 0.29) is 12.2 Å². The van der Waals surface area contributed by atoms with Gasteiger partial charge in [0.1, 0.15) is 0 Å².